The second-order valence-electron chi connectivity index (χ2n) is 5.22. The first-order chi connectivity index (χ1) is 9.95. The summed E-state index contributed by atoms with van der Waals surface area (Å²) in [6, 6.07) is 3.87. The highest BCUT2D eigenvalue weighted by Crippen LogP contribution is 2.38. The SMILES string of the molecule is COc1ccc(NC2CCCCC2OC)c(C(F)(F)F)c1. The summed E-state index contributed by atoms with van der Waals surface area (Å²) in [7, 11) is 2.95. The summed E-state index contributed by atoms with van der Waals surface area (Å²) >= 11 is 0. The second kappa shape index (κ2) is 6.56. The van der Waals surface area contributed by atoms with Gasteiger partial charge in [0, 0.05) is 12.8 Å². The smallest absolute Gasteiger partial charge is 0.418 e. The monoisotopic (exact) mass is 303 g/mol. The van der Waals surface area contributed by atoms with E-state index >= 15 is 0 Å². The van der Waals surface area contributed by atoms with E-state index < -0.39 is 11.7 Å². The summed E-state index contributed by atoms with van der Waals surface area (Å²) in [4.78, 5) is 0. The van der Waals surface area contributed by atoms with Crippen LogP contribution in [0.3, 0.4) is 0 Å². The minimum absolute atomic E-state index is 0.0538. The van der Waals surface area contributed by atoms with E-state index in [1.807, 2.05) is 0 Å². The van der Waals surface area contributed by atoms with Crippen LogP contribution in [-0.4, -0.2) is 26.4 Å². The molecule has 0 spiro atoms. The van der Waals surface area contributed by atoms with Gasteiger partial charge in [-0.3, -0.25) is 0 Å². The molecule has 0 bridgehead atoms. The molecule has 3 nitrogen and oxygen atoms in total. The minimum atomic E-state index is -4.42. The van der Waals surface area contributed by atoms with Gasteiger partial charge in [0.25, 0.3) is 0 Å². The molecule has 6 heteroatoms. The first-order valence-electron chi connectivity index (χ1n) is 7.00. The van der Waals surface area contributed by atoms with Gasteiger partial charge in [-0.05, 0) is 31.0 Å². The number of ether oxygens (including phenoxy) is 2. The molecule has 1 aromatic rings. The molecule has 2 rings (SSSR count). The van der Waals surface area contributed by atoms with Crippen LogP contribution in [0.2, 0.25) is 0 Å². The Labute approximate surface area is 122 Å². The average molecular weight is 303 g/mol. The number of rotatable bonds is 4. The summed E-state index contributed by atoms with van der Waals surface area (Å²) in [6.07, 6.45) is -0.760. The maximum absolute atomic E-state index is 13.2. The highest BCUT2D eigenvalue weighted by atomic mass is 19.4. The van der Waals surface area contributed by atoms with Crippen LogP contribution >= 0.6 is 0 Å². The standard InChI is InChI=1S/C15H20F3NO2/c1-20-10-7-8-12(11(9-10)15(16,17)18)19-13-5-3-4-6-14(13)21-2/h7-9,13-14,19H,3-6H2,1-2H3. The number of halogens is 3. The Hall–Kier alpha value is -1.43. The van der Waals surface area contributed by atoms with E-state index in [0.717, 1.165) is 31.7 Å². The van der Waals surface area contributed by atoms with Crippen LogP contribution in [0.4, 0.5) is 18.9 Å². The van der Waals surface area contributed by atoms with Crippen molar-refractivity contribution in [3.05, 3.63) is 23.8 Å². The fourth-order valence-corrected chi connectivity index (χ4v) is 2.75. The zero-order chi connectivity index (χ0) is 15.5. The molecule has 1 saturated carbocycles. The topological polar surface area (TPSA) is 30.5 Å². The van der Waals surface area contributed by atoms with Gasteiger partial charge >= 0.3 is 6.18 Å². The van der Waals surface area contributed by atoms with Crippen molar-refractivity contribution in [2.45, 2.75) is 44.0 Å². The van der Waals surface area contributed by atoms with Crippen molar-refractivity contribution < 1.29 is 22.6 Å². The summed E-state index contributed by atoms with van der Waals surface area (Å²) < 4.78 is 49.8. The normalized spacial score (nSPS) is 22.9. The third-order valence-electron chi connectivity index (χ3n) is 3.88. The molecule has 0 radical (unpaired) electrons. The third kappa shape index (κ3) is 3.81. The van der Waals surface area contributed by atoms with Crippen molar-refractivity contribution in [1.29, 1.82) is 0 Å². The second-order valence-corrected chi connectivity index (χ2v) is 5.22. The Morgan fingerprint density at radius 1 is 1.14 bits per heavy atom. The molecular weight excluding hydrogens is 283 g/mol. The Morgan fingerprint density at radius 3 is 2.48 bits per heavy atom. The fourth-order valence-electron chi connectivity index (χ4n) is 2.75. The van der Waals surface area contributed by atoms with Gasteiger partial charge in [-0.2, -0.15) is 13.2 Å². The number of alkyl halides is 3. The van der Waals surface area contributed by atoms with Crippen LogP contribution in [0.1, 0.15) is 31.2 Å². The molecule has 2 unspecified atom stereocenters. The lowest BCUT2D eigenvalue weighted by atomic mass is 9.92. The molecule has 2 atom stereocenters. The van der Waals surface area contributed by atoms with Crippen molar-refractivity contribution in [3.63, 3.8) is 0 Å². The van der Waals surface area contributed by atoms with Crippen molar-refractivity contribution >= 4 is 5.69 Å². The van der Waals surface area contributed by atoms with Gasteiger partial charge in [-0.15, -0.1) is 0 Å². The van der Waals surface area contributed by atoms with Crippen molar-refractivity contribution in [2.24, 2.45) is 0 Å². The largest absolute Gasteiger partial charge is 0.497 e. The van der Waals surface area contributed by atoms with E-state index in [1.54, 1.807) is 7.11 Å². The Kier molecular flexibility index (Phi) is 4.98. The maximum atomic E-state index is 13.2. The van der Waals surface area contributed by atoms with Crippen LogP contribution < -0.4 is 10.1 Å². The van der Waals surface area contributed by atoms with E-state index in [-0.39, 0.29) is 23.6 Å². The van der Waals surface area contributed by atoms with E-state index in [0.29, 0.717) is 0 Å². The number of benzene rings is 1. The van der Waals surface area contributed by atoms with Crippen LogP contribution in [-0.2, 0) is 10.9 Å². The van der Waals surface area contributed by atoms with Crippen molar-refractivity contribution in [1.82, 2.24) is 0 Å². The lowest BCUT2D eigenvalue weighted by Gasteiger charge is -2.32. The highest BCUT2D eigenvalue weighted by molar-refractivity contribution is 5.56. The molecule has 1 N–H and O–H groups in total. The molecule has 1 aliphatic rings. The minimum Gasteiger partial charge on any atom is -0.497 e. The van der Waals surface area contributed by atoms with Crippen LogP contribution in [0.25, 0.3) is 0 Å². The van der Waals surface area contributed by atoms with E-state index in [1.165, 1.54) is 19.2 Å². The summed E-state index contributed by atoms with van der Waals surface area (Å²) in [5, 5.41) is 3.01. The quantitative estimate of drug-likeness (QED) is 0.909. The van der Waals surface area contributed by atoms with E-state index in [2.05, 4.69) is 5.32 Å². The number of methoxy groups -OCH3 is 2. The maximum Gasteiger partial charge on any atom is 0.418 e. The van der Waals surface area contributed by atoms with Gasteiger partial charge in [0.2, 0.25) is 0 Å². The Bertz CT molecular complexity index is 476. The van der Waals surface area contributed by atoms with Crippen LogP contribution in [0, 0.1) is 0 Å². The van der Waals surface area contributed by atoms with Gasteiger partial charge in [0.1, 0.15) is 5.75 Å². The molecule has 1 fully saturated rings. The van der Waals surface area contributed by atoms with E-state index in [4.69, 9.17) is 9.47 Å². The summed E-state index contributed by atoms with van der Waals surface area (Å²) in [5.41, 5.74) is -0.625. The van der Waals surface area contributed by atoms with Gasteiger partial charge in [0.05, 0.1) is 24.8 Å². The number of nitrogens with one attached hydrogen (secondary N) is 1. The Balaban J connectivity index is 2.26. The third-order valence-corrected chi connectivity index (χ3v) is 3.88. The van der Waals surface area contributed by atoms with Crippen LogP contribution in [0.5, 0.6) is 5.75 Å². The van der Waals surface area contributed by atoms with Crippen molar-refractivity contribution in [3.8, 4) is 5.75 Å². The molecule has 1 aliphatic carbocycles. The molecule has 0 aromatic heterocycles. The summed E-state index contributed by atoms with van der Waals surface area (Å²) in [6.45, 7) is 0. The lowest BCUT2D eigenvalue weighted by Crippen LogP contribution is -2.38. The predicted molar refractivity (Wildman–Crippen MR) is 74.7 cm³/mol. The first kappa shape index (κ1) is 15.9. The van der Waals surface area contributed by atoms with Gasteiger partial charge in [-0.25, -0.2) is 0 Å². The zero-order valence-corrected chi connectivity index (χ0v) is 12.2. The molecule has 1 aromatic carbocycles. The molecule has 0 aliphatic heterocycles. The Morgan fingerprint density at radius 2 is 1.86 bits per heavy atom. The van der Waals surface area contributed by atoms with Gasteiger partial charge < -0.3 is 14.8 Å². The van der Waals surface area contributed by atoms with Crippen molar-refractivity contribution in [2.75, 3.05) is 19.5 Å². The van der Waals surface area contributed by atoms with E-state index in [9.17, 15) is 13.2 Å². The molecule has 0 amide bonds. The molecule has 0 saturated heterocycles. The average Bonchev–Trinajstić information content (AvgIpc) is 2.47. The molecular formula is C15H20F3NO2. The molecule has 118 valence electrons. The van der Waals surface area contributed by atoms with Gasteiger partial charge in [0.15, 0.2) is 0 Å². The fraction of sp³-hybridized carbons (Fsp3) is 0.600. The first-order valence-corrected chi connectivity index (χ1v) is 7.00. The summed E-state index contributed by atoms with van der Waals surface area (Å²) in [5.74, 6) is 0.194. The number of anilines is 1. The zero-order valence-electron chi connectivity index (χ0n) is 12.2. The highest BCUT2D eigenvalue weighted by Gasteiger charge is 2.35. The number of hydrogen-bond acceptors (Lipinski definition) is 3. The predicted octanol–water partition coefficient (Wildman–Crippen LogP) is 4.08. The number of hydrogen-bond donors (Lipinski definition) is 1. The molecule has 21 heavy (non-hydrogen) atoms. The lowest BCUT2D eigenvalue weighted by molar-refractivity contribution is -0.137. The van der Waals surface area contributed by atoms with Gasteiger partial charge in [-0.1, -0.05) is 12.8 Å². The van der Waals surface area contributed by atoms with Crippen LogP contribution in [0.15, 0.2) is 18.2 Å². The molecule has 0 heterocycles.